The molecule has 1 aromatic heterocycles. The first-order valence-electron chi connectivity index (χ1n) is 8.77. The third kappa shape index (κ3) is 2.70. The van der Waals surface area contributed by atoms with Crippen LogP contribution in [-0.2, 0) is 23.9 Å². The van der Waals surface area contributed by atoms with Crippen LogP contribution in [0.25, 0.3) is 0 Å². The Kier molecular flexibility index (Phi) is 3.91. The fraction of sp³-hybridized carbons (Fsp3) is 0.733. The molecule has 140 valence electrons. The largest absolute Gasteiger partial charge is 0.394 e. The fourth-order valence-corrected chi connectivity index (χ4v) is 7.41. The van der Waals surface area contributed by atoms with Crippen LogP contribution in [0.1, 0.15) is 25.1 Å². The molecule has 3 atom stereocenters. The number of hydrogen-bond acceptors (Lipinski definition) is 7. The second kappa shape index (κ2) is 5.96. The summed E-state index contributed by atoms with van der Waals surface area (Å²) in [6.45, 7) is 2.27. The van der Waals surface area contributed by atoms with E-state index in [-0.39, 0.29) is 11.9 Å². The maximum Gasteiger partial charge on any atom is 0.201 e. The molecule has 9 nitrogen and oxygen atoms in total. The molecule has 2 N–H and O–H groups in total. The number of aliphatic hydroxyl groups excluding tert-OH is 1. The molecule has 1 aliphatic carbocycles. The summed E-state index contributed by atoms with van der Waals surface area (Å²) < 4.78 is 14.3. The van der Waals surface area contributed by atoms with Crippen LogP contribution in [0.3, 0.4) is 0 Å². The predicted molar refractivity (Wildman–Crippen MR) is 106 cm³/mol. The molecular weight excluding hydrogens is 469 g/mol. The molecule has 0 aromatic carbocycles. The first kappa shape index (κ1) is 17.0. The van der Waals surface area contributed by atoms with Crippen LogP contribution >= 0.6 is 22.6 Å². The minimum atomic E-state index is -1.00. The number of rotatable bonds is 2. The Bertz CT molecular complexity index is 836. The second-order valence-corrected chi connectivity index (χ2v) is 10.8. The molecule has 0 amide bonds. The molecule has 5 rings (SSSR count). The maximum absolute atomic E-state index is 12.6. The highest BCUT2D eigenvalue weighted by Crippen LogP contribution is 2.44. The zero-order valence-electron chi connectivity index (χ0n) is 14.1. The Morgan fingerprint density at radius 1 is 1.42 bits per heavy atom. The number of nitrogens with zero attached hydrogens (tertiary/aromatic N) is 6. The number of nitrogens with one attached hydrogen (secondary N) is 1. The Balaban J connectivity index is 1.50. The van der Waals surface area contributed by atoms with Crippen molar-refractivity contribution in [3.8, 4) is 0 Å². The van der Waals surface area contributed by atoms with Gasteiger partial charge in [0.15, 0.2) is 5.82 Å². The van der Waals surface area contributed by atoms with Crippen molar-refractivity contribution in [1.82, 2.24) is 25.0 Å². The summed E-state index contributed by atoms with van der Waals surface area (Å²) >= 11 is 2.34. The molecule has 1 aromatic rings. The van der Waals surface area contributed by atoms with Gasteiger partial charge < -0.3 is 19.9 Å². The van der Waals surface area contributed by atoms with E-state index < -0.39 is 19.9 Å². The highest BCUT2D eigenvalue weighted by Gasteiger charge is 2.54. The van der Waals surface area contributed by atoms with Gasteiger partial charge in [0.1, 0.15) is 21.0 Å². The Morgan fingerprint density at radius 3 is 3.04 bits per heavy atom. The van der Waals surface area contributed by atoms with Crippen molar-refractivity contribution in [2.24, 2.45) is 9.98 Å². The standard InChI is InChI=1S/C15H20IN7O2S/c16-15-3-6-26(25)11(15)12(19-14(8-24)1-2-14)18-13(20-15)22-4-5-23-9-17-21-10(23)7-22/h9,11,24H,1-8H2,(H,18,19,20)/t11?,15-,26?/m1/s1. The van der Waals surface area contributed by atoms with Crippen LogP contribution in [-0.4, -0.2) is 74.0 Å². The molecular formula is C15H20IN7O2S. The van der Waals surface area contributed by atoms with Gasteiger partial charge in [0.25, 0.3) is 0 Å². The SMILES string of the molecule is O=S1CC[C@@]2(I)N=C(N3CCn4cnnc4C3)NC(=NC3(CO)CC3)C12. The molecule has 0 spiro atoms. The third-order valence-electron chi connectivity index (χ3n) is 5.52. The number of amidine groups is 1. The number of aliphatic imine (C=N–C) groups is 2. The van der Waals surface area contributed by atoms with E-state index in [4.69, 9.17) is 9.98 Å². The third-order valence-corrected chi connectivity index (χ3v) is 9.09. The minimum Gasteiger partial charge on any atom is -0.394 e. The van der Waals surface area contributed by atoms with Crippen molar-refractivity contribution in [2.75, 3.05) is 18.9 Å². The van der Waals surface area contributed by atoms with Crippen LogP contribution < -0.4 is 5.32 Å². The lowest BCUT2D eigenvalue weighted by molar-refractivity contribution is 0.257. The lowest BCUT2D eigenvalue weighted by atomic mass is 10.1. The van der Waals surface area contributed by atoms with Gasteiger partial charge in [0.05, 0.1) is 18.7 Å². The average Bonchev–Trinajstić information content (AvgIpc) is 3.11. The number of guanidine groups is 1. The topological polar surface area (TPSA) is 108 Å². The zero-order valence-corrected chi connectivity index (χ0v) is 17.1. The van der Waals surface area contributed by atoms with E-state index in [1.54, 1.807) is 6.33 Å². The highest BCUT2D eigenvalue weighted by molar-refractivity contribution is 14.1. The lowest BCUT2D eigenvalue weighted by Gasteiger charge is -2.38. The van der Waals surface area contributed by atoms with E-state index in [1.165, 1.54) is 0 Å². The van der Waals surface area contributed by atoms with Gasteiger partial charge in [-0.3, -0.25) is 9.20 Å². The van der Waals surface area contributed by atoms with Crippen molar-refractivity contribution < 1.29 is 9.32 Å². The van der Waals surface area contributed by atoms with Gasteiger partial charge in [-0.1, -0.05) is 22.6 Å². The van der Waals surface area contributed by atoms with E-state index in [0.717, 1.165) is 50.0 Å². The van der Waals surface area contributed by atoms with Gasteiger partial charge >= 0.3 is 0 Å². The number of hydrogen-bond donors (Lipinski definition) is 2. The van der Waals surface area contributed by atoms with E-state index in [1.807, 2.05) is 4.57 Å². The van der Waals surface area contributed by atoms with Crippen molar-refractivity contribution in [2.45, 2.75) is 46.7 Å². The van der Waals surface area contributed by atoms with Crippen LogP contribution in [0, 0.1) is 0 Å². The molecule has 2 fully saturated rings. The van der Waals surface area contributed by atoms with Gasteiger partial charge in [0, 0.05) is 29.6 Å². The van der Waals surface area contributed by atoms with Crippen molar-refractivity contribution in [3.63, 3.8) is 0 Å². The molecule has 1 saturated carbocycles. The van der Waals surface area contributed by atoms with E-state index in [9.17, 15) is 9.32 Å². The number of aliphatic hydroxyl groups is 1. The van der Waals surface area contributed by atoms with E-state index in [2.05, 4.69) is 43.0 Å². The molecule has 0 radical (unpaired) electrons. The molecule has 4 heterocycles. The number of aromatic nitrogens is 3. The van der Waals surface area contributed by atoms with E-state index in [0.29, 0.717) is 12.3 Å². The van der Waals surface area contributed by atoms with Crippen LogP contribution in [0.2, 0.25) is 0 Å². The highest BCUT2D eigenvalue weighted by atomic mass is 127. The summed E-state index contributed by atoms with van der Waals surface area (Å²) in [5.41, 5.74) is -0.392. The summed E-state index contributed by atoms with van der Waals surface area (Å²) in [4.78, 5) is 11.9. The van der Waals surface area contributed by atoms with Crippen LogP contribution in [0.5, 0.6) is 0 Å². The Hall–Kier alpha value is -1.08. The first-order valence-corrected chi connectivity index (χ1v) is 11.2. The summed E-state index contributed by atoms with van der Waals surface area (Å²) in [6, 6.07) is 0. The second-order valence-electron chi connectivity index (χ2n) is 7.34. The van der Waals surface area contributed by atoms with Crippen molar-refractivity contribution in [1.29, 1.82) is 0 Å². The smallest absolute Gasteiger partial charge is 0.201 e. The summed E-state index contributed by atoms with van der Waals surface area (Å²) in [7, 11) is -1.00. The summed E-state index contributed by atoms with van der Waals surface area (Å²) in [5, 5.41) is 21.0. The first-order chi connectivity index (χ1) is 12.5. The van der Waals surface area contributed by atoms with Gasteiger partial charge in [-0.05, 0) is 19.3 Å². The Morgan fingerprint density at radius 2 is 2.27 bits per heavy atom. The lowest BCUT2D eigenvalue weighted by Crippen LogP contribution is -2.58. The van der Waals surface area contributed by atoms with Crippen molar-refractivity contribution in [3.05, 3.63) is 12.2 Å². The quantitative estimate of drug-likeness (QED) is 0.334. The van der Waals surface area contributed by atoms with Gasteiger partial charge in [-0.15, -0.1) is 10.2 Å². The van der Waals surface area contributed by atoms with Crippen LogP contribution in [0.15, 0.2) is 16.3 Å². The molecule has 0 bridgehead atoms. The molecule has 26 heavy (non-hydrogen) atoms. The average molecular weight is 489 g/mol. The molecule has 3 aliphatic heterocycles. The molecule has 11 heteroatoms. The molecule has 4 aliphatic rings. The maximum atomic E-state index is 12.6. The minimum absolute atomic E-state index is 0.0328. The van der Waals surface area contributed by atoms with E-state index >= 15 is 0 Å². The number of halogens is 1. The van der Waals surface area contributed by atoms with Gasteiger partial charge in [0.2, 0.25) is 5.96 Å². The van der Waals surface area contributed by atoms with Crippen LogP contribution in [0.4, 0.5) is 0 Å². The Labute approximate surface area is 167 Å². The monoisotopic (exact) mass is 489 g/mol. The summed E-state index contributed by atoms with van der Waals surface area (Å²) in [5.74, 6) is 3.02. The fourth-order valence-electron chi connectivity index (χ4n) is 3.72. The normalized spacial score (nSPS) is 36.3. The van der Waals surface area contributed by atoms with Gasteiger partial charge in [-0.2, -0.15) is 0 Å². The molecule has 1 saturated heterocycles. The van der Waals surface area contributed by atoms with Gasteiger partial charge in [-0.25, -0.2) is 4.99 Å². The molecule has 2 unspecified atom stereocenters. The number of fused-ring (bicyclic) bond motifs is 2. The predicted octanol–water partition coefficient (Wildman–Crippen LogP) is -0.371. The summed E-state index contributed by atoms with van der Waals surface area (Å²) in [6.07, 6.45) is 4.28. The zero-order chi connectivity index (χ0) is 17.9. The van der Waals surface area contributed by atoms with Crippen molar-refractivity contribution >= 4 is 45.2 Å². The number of alkyl halides is 1.